The van der Waals surface area contributed by atoms with Gasteiger partial charge in [0.05, 0.1) is 5.56 Å². The smallest absolute Gasteiger partial charge is 0.257 e. The molecule has 0 saturated carbocycles. The fourth-order valence-corrected chi connectivity index (χ4v) is 3.26. The number of nitrogens with zero attached hydrogens (tertiary/aromatic N) is 1. The van der Waals surface area contributed by atoms with Gasteiger partial charge >= 0.3 is 0 Å². The maximum Gasteiger partial charge on any atom is 0.257 e. The van der Waals surface area contributed by atoms with Crippen LogP contribution in [0.25, 0.3) is 0 Å². The minimum absolute atomic E-state index is 0.000809. The molecule has 1 aliphatic rings. The summed E-state index contributed by atoms with van der Waals surface area (Å²) in [7, 11) is 0. The normalized spacial score (nSPS) is 14.9. The van der Waals surface area contributed by atoms with Crippen LogP contribution in [0.4, 0.5) is 5.69 Å². The number of nitrogens with one attached hydrogen (secondary N) is 1. The van der Waals surface area contributed by atoms with Gasteiger partial charge < -0.3 is 15.3 Å². The maximum absolute atomic E-state index is 12.7. The summed E-state index contributed by atoms with van der Waals surface area (Å²) in [6.45, 7) is 3.04. The van der Waals surface area contributed by atoms with Crippen LogP contribution in [0.1, 0.15) is 35.7 Å². The molecule has 136 valence electrons. The van der Waals surface area contributed by atoms with Gasteiger partial charge in [0.1, 0.15) is 5.75 Å². The van der Waals surface area contributed by atoms with Crippen molar-refractivity contribution in [2.45, 2.75) is 26.2 Å². The van der Waals surface area contributed by atoms with E-state index in [1.54, 1.807) is 17.0 Å². The molecule has 1 heterocycles. The molecule has 2 aromatic rings. The number of phenols is 1. The first kappa shape index (κ1) is 18.0. The van der Waals surface area contributed by atoms with Crippen LogP contribution < -0.4 is 5.32 Å². The van der Waals surface area contributed by atoms with Crippen molar-refractivity contribution >= 4 is 17.5 Å². The van der Waals surface area contributed by atoms with Gasteiger partial charge in [-0.25, -0.2) is 0 Å². The molecule has 1 saturated heterocycles. The quantitative estimate of drug-likeness (QED) is 0.885. The van der Waals surface area contributed by atoms with Gasteiger partial charge in [-0.05, 0) is 49.1 Å². The number of anilines is 1. The molecule has 26 heavy (non-hydrogen) atoms. The zero-order chi connectivity index (χ0) is 18.5. The Labute approximate surface area is 153 Å². The number of carbonyl (C=O) groups excluding carboxylic acids is 2. The zero-order valence-corrected chi connectivity index (χ0v) is 14.9. The molecule has 5 nitrogen and oxygen atoms in total. The van der Waals surface area contributed by atoms with E-state index in [9.17, 15) is 14.7 Å². The molecule has 0 aliphatic carbocycles. The molecular weight excluding hydrogens is 328 g/mol. The molecule has 0 unspecified atom stereocenters. The highest BCUT2D eigenvalue weighted by atomic mass is 16.3. The van der Waals surface area contributed by atoms with Crippen LogP contribution in [0, 0.1) is 5.92 Å². The van der Waals surface area contributed by atoms with E-state index in [-0.39, 0.29) is 23.5 Å². The molecular formula is C21H24N2O3. The molecule has 0 bridgehead atoms. The van der Waals surface area contributed by atoms with Gasteiger partial charge in [0, 0.05) is 24.7 Å². The lowest BCUT2D eigenvalue weighted by molar-refractivity contribution is -0.121. The summed E-state index contributed by atoms with van der Waals surface area (Å²) in [6.07, 6.45) is 2.06. The van der Waals surface area contributed by atoms with E-state index >= 15 is 0 Å². The van der Waals surface area contributed by atoms with Crippen molar-refractivity contribution in [2.75, 3.05) is 18.4 Å². The van der Waals surface area contributed by atoms with Gasteiger partial charge in [-0.1, -0.05) is 31.2 Å². The van der Waals surface area contributed by atoms with Crippen molar-refractivity contribution in [2.24, 2.45) is 5.92 Å². The number of hydrogen-bond acceptors (Lipinski definition) is 3. The molecule has 2 N–H and O–H groups in total. The van der Waals surface area contributed by atoms with Gasteiger partial charge in [0.2, 0.25) is 5.91 Å². The minimum atomic E-state index is -0.167. The second kappa shape index (κ2) is 8.04. The van der Waals surface area contributed by atoms with Crippen LogP contribution in [0.5, 0.6) is 5.75 Å². The molecule has 5 heteroatoms. The summed E-state index contributed by atoms with van der Waals surface area (Å²) in [5.41, 5.74) is 2.15. The Morgan fingerprint density at radius 1 is 1.12 bits per heavy atom. The Kier molecular flexibility index (Phi) is 5.56. The minimum Gasteiger partial charge on any atom is -0.507 e. The molecule has 0 spiro atoms. The molecule has 1 aliphatic heterocycles. The van der Waals surface area contributed by atoms with E-state index in [0.29, 0.717) is 31.5 Å². The number of piperidine rings is 1. The maximum atomic E-state index is 12.7. The highest BCUT2D eigenvalue weighted by Crippen LogP contribution is 2.25. The number of benzene rings is 2. The lowest BCUT2D eigenvalue weighted by Crippen LogP contribution is -2.41. The molecule has 2 amide bonds. The average Bonchev–Trinajstić information content (AvgIpc) is 2.69. The van der Waals surface area contributed by atoms with Crippen molar-refractivity contribution in [1.29, 1.82) is 0 Å². The van der Waals surface area contributed by atoms with Crippen LogP contribution in [0.2, 0.25) is 0 Å². The molecule has 1 fully saturated rings. The van der Waals surface area contributed by atoms with E-state index in [1.165, 1.54) is 0 Å². The van der Waals surface area contributed by atoms with Gasteiger partial charge in [-0.2, -0.15) is 0 Å². The summed E-state index contributed by atoms with van der Waals surface area (Å²) in [4.78, 5) is 26.8. The fourth-order valence-electron chi connectivity index (χ4n) is 3.26. The molecule has 0 radical (unpaired) electrons. The molecule has 3 rings (SSSR count). The summed E-state index contributed by atoms with van der Waals surface area (Å²) < 4.78 is 0. The number of aromatic hydroxyl groups is 1. The van der Waals surface area contributed by atoms with Crippen LogP contribution >= 0.6 is 0 Å². The third-order valence-corrected chi connectivity index (χ3v) is 4.89. The summed E-state index contributed by atoms with van der Waals surface area (Å²) >= 11 is 0. The monoisotopic (exact) mass is 352 g/mol. The predicted molar refractivity (Wildman–Crippen MR) is 101 cm³/mol. The number of carbonyl (C=O) groups is 2. The summed E-state index contributed by atoms with van der Waals surface area (Å²) in [6, 6.07) is 14.6. The number of para-hydroxylation sites is 1. The largest absolute Gasteiger partial charge is 0.507 e. The van der Waals surface area contributed by atoms with Gasteiger partial charge in [0.15, 0.2) is 0 Å². The van der Waals surface area contributed by atoms with E-state index in [2.05, 4.69) is 5.32 Å². The second-order valence-corrected chi connectivity index (χ2v) is 6.63. The summed E-state index contributed by atoms with van der Waals surface area (Å²) in [5.74, 6) is -0.259. The second-order valence-electron chi connectivity index (χ2n) is 6.63. The number of phenolic OH excluding ortho intramolecular Hbond substituents is 1. The third kappa shape index (κ3) is 4.04. The van der Waals surface area contributed by atoms with Gasteiger partial charge in [-0.3, -0.25) is 9.59 Å². The van der Waals surface area contributed by atoms with Crippen molar-refractivity contribution < 1.29 is 14.7 Å². The Hall–Kier alpha value is -2.82. The van der Waals surface area contributed by atoms with Crippen molar-refractivity contribution in [3.05, 3.63) is 59.7 Å². The first-order valence-electron chi connectivity index (χ1n) is 9.05. The van der Waals surface area contributed by atoms with E-state index in [4.69, 9.17) is 0 Å². The van der Waals surface area contributed by atoms with Crippen molar-refractivity contribution in [3.8, 4) is 5.75 Å². The van der Waals surface area contributed by atoms with E-state index < -0.39 is 0 Å². The Morgan fingerprint density at radius 3 is 2.46 bits per heavy atom. The molecule has 0 atom stereocenters. The lowest BCUT2D eigenvalue weighted by Gasteiger charge is -2.31. The Morgan fingerprint density at radius 2 is 1.81 bits per heavy atom. The number of amides is 2. The number of aryl methyl sites for hydroxylation is 1. The topological polar surface area (TPSA) is 69.6 Å². The Balaban J connectivity index is 1.59. The fraction of sp³-hybridized carbons (Fsp3) is 0.333. The van der Waals surface area contributed by atoms with Crippen molar-refractivity contribution in [1.82, 2.24) is 4.90 Å². The van der Waals surface area contributed by atoms with Crippen LogP contribution in [0.15, 0.2) is 48.5 Å². The summed E-state index contributed by atoms with van der Waals surface area (Å²) in [5, 5.41) is 13.0. The standard InChI is InChI=1S/C21H24N2O3/c1-2-15-8-9-19(24)18(14-15)21(26)23-12-10-16(11-13-23)20(25)22-17-6-4-3-5-7-17/h3-9,14,16,24H,2,10-13H2,1H3,(H,22,25). The molecule has 2 aromatic carbocycles. The van der Waals surface area contributed by atoms with Crippen LogP contribution in [0.3, 0.4) is 0 Å². The van der Waals surface area contributed by atoms with Crippen molar-refractivity contribution in [3.63, 3.8) is 0 Å². The highest BCUT2D eigenvalue weighted by Gasteiger charge is 2.28. The third-order valence-electron chi connectivity index (χ3n) is 4.89. The van der Waals surface area contributed by atoms with Gasteiger partial charge in [0.25, 0.3) is 5.91 Å². The average molecular weight is 352 g/mol. The predicted octanol–water partition coefficient (Wildman–Crippen LogP) is 3.45. The number of hydrogen-bond donors (Lipinski definition) is 2. The van der Waals surface area contributed by atoms with Crippen LogP contribution in [-0.4, -0.2) is 34.9 Å². The van der Waals surface area contributed by atoms with Gasteiger partial charge in [-0.15, -0.1) is 0 Å². The van der Waals surface area contributed by atoms with E-state index in [0.717, 1.165) is 17.7 Å². The van der Waals surface area contributed by atoms with Crippen LogP contribution in [-0.2, 0) is 11.2 Å². The Bertz CT molecular complexity index is 781. The highest BCUT2D eigenvalue weighted by molar-refractivity contribution is 5.97. The first-order valence-corrected chi connectivity index (χ1v) is 9.05. The SMILES string of the molecule is CCc1ccc(O)c(C(=O)N2CCC(C(=O)Nc3ccccc3)CC2)c1. The number of likely N-dealkylation sites (tertiary alicyclic amines) is 1. The zero-order valence-electron chi connectivity index (χ0n) is 14.9. The first-order chi connectivity index (χ1) is 12.6. The number of rotatable bonds is 4. The lowest BCUT2D eigenvalue weighted by atomic mass is 9.95. The van der Waals surface area contributed by atoms with E-state index in [1.807, 2.05) is 43.3 Å². The molecule has 0 aromatic heterocycles.